The molecule has 1 saturated heterocycles. The molecule has 2 aliphatic heterocycles. The van der Waals surface area contributed by atoms with E-state index in [0.717, 1.165) is 22.5 Å². The number of ketones is 1. The van der Waals surface area contributed by atoms with Gasteiger partial charge in [0, 0.05) is 41.0 Å². The molecule has 3 aromatic rings. The number of carbonyl (C=O) groups excluding carboxylic acids is 1. The number of carbonyl (C=O) groups is 1. The van der Waals surface area contributed by atoms with Crippen molar-refractivity contribution >= 4 is 34.8 Å². The van der Waals surface area contributed by atoms with Gasteiger partial charge in [0.1, 0.15) is 12.1 Å². The monoisotopic (exact) mass is 473 g/mol. The minimum absolute atomic E-state index is 0.155. The van der Waals surface area contributed by atoms with Gasteiger partial charge in [-0.25, -0.2) is 0 Å². The predicted octanol–water partition coefficient (Wildman–Crippen LogP) is 5.30. The van der Waals surface area contributed by atoms with Gasteiger partial charge < -0.3 is 9.80 Å². The lowest BCUT2D eigenvalue weighted by Gasteiger charge is -2.34. The quantitative estimate of drug-likeness (QED) is 0.286. The van der Waals surface area contributed by atoms with E-state index in [9.17, 15) is 14.9 Å². The number of rotatable bonds is 5. The van der Waals surface area contributed by atoms with E-state index in [1.165, 1.54) is 0 Å². The van der Waals surface area contributed by atoms with Gasteiger partial charge in [-0.3, -0.25) is 14.9 Å². The molecule has 172 valence electrons. The van der Waals surface area contributed by atoms with Crippen LogP contribution < -0.4 is 9.80 Å². The van der Waals surface area contributed by atoms with Gasteiger partial charge in [-0.1, -0.05) is 54.1 Å². The molecular weight excluding hydrogens is 450 g/mol. The highest BCUT2D eigenvalue weighted by molar-refractivity contribution is 6.30. The number of anilines is 2. The molecule has 5 rings (SSSR count). The lowest BCUT2D eigenvalue weighted by molar-refractivity contribution is -0.524. The topological polar surface area (TPSA) is 66.7 Å². The van der Waals surface area contributed by atoms with Crippen molar-refractivity contribution in [3.05, 3.63) is 111 Å². The number of halogens is 1. The van der Waals surface area contributed by atoms with Crippen molar-refractivity contribution in [1.82, 2.24) is 0 Å². The molecule has 0 amide bonds. The molecule has 2 heterocycles. The van der Waals surface area contributed by atoms with E-state index in [0.29, 0.717) is 10.6 Å². The number of hydrogen-bond donors (Lipinski definition) is 0. The first-order valence-corrected chi connectivity index (χ1v) is 11.5. The van der Waals surface area contributed by atoms with Crippen LogP contribution in [-0.4, -0.2) is 42.9 Å². The Bertz CT molecular complexity index is 1270. The Labute approximate surface area is 203 Å². The van der Waals surface area contributed by atoms with Gasteiger partial charge in [-0.2, -0.15) is 0 Å². The molecule has 0 unspecified atom stereocenters. The highest BCUT2D eigenvalue weighted by Crippen LogP contribution is 2.47. The van der Waals surface area contributed by atoms with Crippen LogP contribution in [0, 0.1) is 10.1 Å². The van der Waals surface area contributed by atoms with Gasteiger partial charge in [0.15, 0.2) is 5.78 Å². The summed E-state index contributed by atoms with van der Waals surface area (Å²) in [6, 6.07) is 19.9. The maximum Gasteiger partial charge on any atom is 0.245 e. The molecule has 3 aromatic carbocycles. The Hall–Kier alpha value is -3.64. The van der Waals surface area contributed by atoms with Crippen LogP contribution in [0.3, 0.4) is 0 Å². The first kappa shape index (κ1) is 22.2. The molecule has 2 aliphatic rings. The summed E-state index contributed by atoms with van der Waals surface area (Å²) in [5.41, 5.74) is 4.03. The number of Topliss-reactive ketones (excluding diaryl/α,β-unsaturated/α-hetero) is 1. The van der Waals surface area contributed by atoms with Crippen molar-refractivity contribution in [3.63, 3.8) is 0 Å². The van der Waals surface area contributed by atoms with E-state index >= 15 is 0 Å². The molecule has 0 bridgehead atoms. The number of benzene rings is 3. The van der Waals surface area contributed by atoms with Crippen LogP contribution in [-0.2, 0) is 0 Å². The van der Waals surface area contributed by atoms with Crippen LogP contribution in [0.4, 0.5) is 11.4 Å². The Morgan fingerprint density at radius 3 is 2.32 bits per heavy atom. The molecule has 6 nitrogen and oxygen atoms in total. The summed E-state index contributed by atoms with van der Waals surface area (Å²) in [5.74, 6) is -0.784. The predicted molar refractivity (Wildman–Crippen MR) is 136 cm³/mol. The van der Waals surface area contributed by atoms with Gasteiger partial charge in [0.2, 0.25) is 6.04 Å². The number of nitrogens with zero attached hydrogens (tertiary/aromatic N) is 3. The zero-order chi connectivity index (χ0) is 24.0. The summed E-state index contributed by atoms with van der Waals surface area (Å²) < 4.78 is 0. The fraction of sp³-hybridized carbons (Fsp3) is 0.222. The maximum atomic E-state index is 14.0. The van der Waals surface area contributed by atoms with Crippen molar-refractivity contribution < 1.29 is 9.72 Å². The number of para-hydroxylation sites is 1. The second-order valence-corrected chi connectivity index (χ2v) is 9.36. The summed E-state index contributed by atoms with van der Waals surface area (Å²) in [6.07, 6.45) is 3.79. The molecule has 0 radical (unpaired) electrons. The van der Waals surface area contributed by atoms with Crippen molar-refractivity contribution in [2.75, 3.05) is 23.9 Å². The lowest BCUT2D eigenvalue weighted by atomic mass is 9.83. The van der Waals surface area contributed by atoms with Crippen molar-refractivity contribution in [1.29, 1.82) is 0 Å². The first-order chi connectivity index (χ1) is 16.4. The smallest absolute Gasteiger partial charge is 0.245 e. The summed E-state index contributed by atoms with van der Waals surface area (Å²) in [6.45, 7) is 0. The average Bonchev–Trinajstić information content (AvgIpc) is 3.20. The molecule has 4 atom stereocenters. The molecule has 0 spiro atoms. The molecule has 0 aromatic heterocycles. The summed E-state index contributed by atoms with van der Waals surface area (Å²) in [5, 5.41) is 13.0. The molecular formula is C27H24ClN3O3. The van der Waals surface area contributed by atoms with Gasteiger partial charge in [0.05, 0.1) is 5.92 Å². The summed E-state index contributed by atoms with van der Waals surface area (Å²) in [7, 11) is 3.89. The van der Waals surface area contributed by atoms with Gasteiger partial charge in [-0.05, 0) is 53.6 Å². The molecule has 0 saturated carbocycles. The second-order valence-electron chi connectivity index (χ2n) is 8.92. The largest absolute Gasteiger partial charge is 0.378 e. The highest BCUT2D eigenvalue weighted by atomic mass is 35.5. The second kappa shape index (κ2) is 8.61. The van der Waals surface area contributed by atoms with Crippen LogP contribution in [0.5, 0.6) is 0 Å². The molecule has 7 heteroatoms. The van der Waals surface area contributed by atoms with Crippen molar-refractivity contribution in [3.8, 4) is 0 Å². The fourth-order valence-corrected chi connectivity index (χ4v) is 5.34. The Kier molecular flexibility index (Phi) is 5.62. The molecule has 0 aliphatic carbocycles. The van der Waals surface area contributed by atoms with Gasteiger partial charge in [0.25, 0.3) is 0 Å². The summed E-state index contributed by atoms with van der Waals surface area (Å²) in [4.78, 5) is 30.2. The van der Waals surface area contributed by atoms with Crippen LogP contribution in [0.1, 0.15) is 27.4 Å². The van der Waals surface area contributed by atoms with Gasteiger partial charge >= 0.3 is 0 Å². The van der Waals surface area contributed by atoms with Crippen molar-refractivity contribution in [2.45, 2.75) is 24.0 Å². The van der Waals surface area contributed by atoms with E-state index in [1.54, 1.807) is 24.3 Å². The third kappa shape index (κ3) is 3.64. The Balaban J connectivity index is 1.69. The normalized spacial score (nSPS) is 22.7. The maximum absolute atomic E-state index is 14.0. The Morgan fingerprint density at radius 2 is 1.68 bits per heavy atom. The number of nitro groups is 1. The van der Waals surface area contributed by atoms with Crippen LogP contribution in [0.15, 0.2) is 78.9 Å². The molecule has 0 N–H and O–H groups in total. The zero-order valence-electron chi connectivity index (χ0n) is 18.8. The third-order valence-corrected chi connectivity index (χ3v) is 7.05. The highest BCUT2D eigenvalue weighted by Gasteiger charge is 2.58. The van der Waals surface area contributed by atoms with E-state index in [1.807, 2.05) is 84.6 Å². The zero-order valence-corrected chi connectivity index (χ0v) is 19.6. The van der Waals surface area contributed by atoms with Gasteiger partial charge in [-0.15, -0.1) is 0 Å². The van der Waals surface area contributed by atoms with Crippen LogP contribution in [0.2, 0.25) is 5.02 Å². The molecule has 1 fully saturated rings. The van der Waals surface area contributed by atoms with E-state index in [-0.39, 0.29) is 10.7 Å². The Morgan fingerprint density at radius 1 is 1.00 bits per heavy atom. The first-order valence-electron chi connectivity index (χ1n) is 11.1. The summed E-state index contributed by atoms with van der Waals surface area (Å²) >= 11 is 6.06. The SMILES string of the molecule is CN(C)c1ccc([C@H]2[C@H]([N+](=O)[O-])[C@@H]3C=Cc4ccccc4N3[C@@H]2C(=O)c2ccc(Cl)cc2)cc1. The molecule has 34 heavy (non-hydrogen) atoms. The van der Waals surface area contributed by atoms with Crippen molar-refractivity contribution in [2.24, 2.45) is 0 Å². The lowest BCUT2D eigenvalue weighted by Crippen LogP contribution is -2.44. The third-order valence-electron chi connectivity index (χ3n) is 6.80. The number of hydrogen-bond acceptors (Lipinski definition) is 5. The standard InChI is InChI=1S/C27H24ClN3O3/c1-29(2)21-14-9-18(10-15-21)24-25(31(33)34)23-16-11-17-5-3-4-6-22(17)30(23)26(24)27(32)19-7-12-20(28)13-8-19/h3-16,23-26H,1-2H3/t23-,24-,25+,26-/m0/s1. The average molecular weight is 474 g/mol. The van der Waals surface area contributed by atoms with Crippen LogP contribution >= 0.6 is 11.6 Å². The number of fused-ring (bicyclic) bond motifs is 3. The van der Waals surface area contributed by atoms with E-state index in [4.69, 9.17) is 11.6 Å². The fourth-order valence-electron chi connectivity index (χ4n) is 5.21. The van der Waals surface area contributed by atoms with Crippen LogP contribution in [0.25, 0.3) is 6.08 Å². The van der Waals surface area contributed by atoms with E-state index < -0.39 is 24.0 Å². The minimum atomic E-state index is -0.976. The minimum Gasteiger partial charge on any atom is -0.378 e. The van der Waals surface area contributed by atoms with E-state index in [2.05, 4.69) is 0 Å².